The summed E-state index contributed by atoms with van der Waals surface area (Å²) in [6, 6.07) is 0. The highest BCUT2D eigenvalue weighted by molar-refractivity contribution is 6.37. The highest BCUT2D eigenvalue weighted by atomic mass is 16.6. The summed E-state index contributed by atoms with van der Waals surface area (Å²) in [6.07, 6.45) is 18.9. The molecule has 3 N–H and O–H groups in total. The lowest BCUT2D eigenvalue weighted by Gasteiger charge is -2.47. The van der Waals surface area contributed by atoms with Crippen LogP contribution in [0, 0.1) is 16.2 Å². The summed E-state index contributed by atoms with van der Waals surface area (Å²) in [6.45, 7) is 9.54. The minimum Gasteiger partial charge on any atom is -0.480 e. The van der Waals surface area contributed by atoms with Gasteiger partial charge >= 0.3 is 5.97 Å². The fraction of sp³-hybridized carbons (Fsp3) is 0.750. The van der Waals surface area contributed by atoms with Crippen molar-refractivity contribution in [1.82, 2.24) is 0 Å². The van der Waals surface area contributed by atoms with E-state index in [1.54, 1.807) is 0 Å². The van der Waals surface area contributed by atoms with Gasteiger partial charge in [-0.05, 0) is 106 Å². The number of unbranched alkanes of at least 4 members (excludes halogenated alkanes) is 11. The number of aliphatic hydroxyl groups is 2. The smallest absolute Gasteiger partial charge is 0.326 e. The molecular formula is C48H76O12. The fourth-order valence-corrected chi connectivity index (χ4v) is 9.35. The van der Waals surface area contributed by atoms with Crippen molar-refractivity contribution in [1.29, 1.82) is 0 Å². The van der Waals surface area contributed by atoms with Crippen molar-refractivity contribution in [3.63, 3.8) is 0 Å². The maximum absolute atomic E-state index is 15.6. The largest absolute Gasteiger partial charge is 0.480 e. The number of carbonyl (C=O) groups excluding carboxylic acids is 7. The van der Waals surface area contributed by atoms with Crippen LogP contribution < -0.4 is 0 Å². The second-order valence-corrected chi connectivity index (χ2v) is 17.0. The molecule has 0 aromatic rings. The molecule has 1 rings (SSSR count). The average Bonchev–Trinajstić information content (AvgIpc) is 3.89. The molecule has 0 amide bonds. The maximum atomic E-state index is 15.6. The molecular weight excluding hydrogens is 769 g/mol. The summed E-state index contributed by atoms with van der Waals surface area (Å²) in [4.78, 5) is 112. The van der Waals surface area contributed by atoms with Gasteiger partial charge in [-0.2, -0.15) is 0 Å². The average molecular weight is 845 g/mol. The molecule has 0 radical (unpaired) electrons. The van der Waals surface area contributed by atoms with Crippen LogP contribution in [0.4, 0.5) is 0 Å². The van der Waals surface area contributed by atoms with E-state index in [2.05, 4.69) is 13.8 Å². The van der Waals surface area contributed by atoms with E-state index in [1.165, 1.54) is 0 Å². The molecule has 1 heterocycles. The quantitative estimate of drug-likeness (QED) is 0.0235. The number of ketones is 7. The first-order valence-electron chi connectivity index (χ1n) is 22.5. The van der Waals surface area contributed by atoms with Crippen LogP contribution in [0.5, 0.6) is 0 Å². The van der Waals surface area contributed by atoms with Gasteiger partial charge in [0.1, 0.15) is 11.2 Å². The van der Waals surface area contributed by atoms with Crippen LogP contribution in [0.25, 0.3) is 0 Å². The second kappa shape index (κ2) is 26.1. The van der Waals surface area contributed by atoms with Crippen LogP contribution in [0.3, 0.4) is 0 Å². The summed E-state index contributed by atoms with van der Waals surface area (Å²) >= 11 is 0. The predicted molar refractivity (Wildman–Crippen MR) is 230 cm³/mol. The van der Waals surface area contributed by atoms with Gasteiger partial charge < -0.3 is 20.1 Å². The number of carbonyl (C=O) groups is 8. The third-order valence-corrected chi connectivity index (χ3v) is 12.6. The minimum absolute atomic E-state index is 0.0541. The number of carboxylic acids is 1. The van der Waals surface area contributed by atoms with E-state index in [-0.39, 0.29) is 12.8 Å². The van der Waals surface area contributed by atoms with Gasteiger partial charge in [0.2, 0.25) is 5.41 Å². The first-order valence-corrected chi connectivity index (χ1v) is 22.5. The number of Topliss-reactive ketones (excluding diaryl/α,β-unsaturated/α-hetero) is 7. The maximum Gasteiger partial charge on any atom is 0.326 e. The molecule has 0 bridgehead atoms. The van der Waals surface area contributed by atoms with Crippen molar-refractivity contribution in [3.05, 3.63) is 24.3 Å². The third-order valence-electron chi connectivity index (χ3n) is 12.6. The molecule has 0 spiro atoms. The molecule has 340 valence electrons. The van der Waals surface area contributed by atoms with Gasteiger partial charge in [-0.1, -0.05) is 109 Å². The first kappa shape index (κ1) is 54.5. The lowest BCUT2D eigenvalue weighted by Crippen LogP contribution is -2.71. The molecule has 0 aliphatic carbocycles. The number of ether oxygens (including phenoxy) is 1. The monoisotopic (exact) mass is 845 g/mol. The molecule has 0 saturated carbocycles. The van der Waals surface area contributed by atoms with E-state index in [0.29, 0.717) is 57.8 Å². The van der Waals surface area contributed by atoms with E-state index >= 15 is 4.79 Å². The Morgan fingerprint density at radius 3 is 1.42 bits per heavy atom. The highest BCUT2D eigenvalue weighted by Crippen LogP contribution is 2.60. The van der Waals surface area contributed by atoms with E-state index in [1.807, 2.05) is 24.3 Å². The Kier molecular flexibility index (Phi) is 23.7. The molecule has 5 unspecified atom stereocenters. The van der Waals surface area contributed by atoms with E-state index in [0.717, 1.165) is 99.3 Å². The minimum atomic E-state index is -3.32. The van der Waals surface area contributed by atoms with Crippen molar-refractivity contribution in [2.45, 2.75) is 214 Å². The van der Waals surface area contributed by atoms with Gasteiger partial charge in [-0.15, -0.1) is 0 Å². The van der Waals surface area contributed by atoms with Crippen molar-refractivity contribution in [2.24, 2.45) is 16.2 Å². The van der Waals surface area contributed by atoms with E-state index in [4.69, 9.17) is 4.74 Å². The van der Waals surface area contributed by atoms with Gasteiger partial charge in [0.25, 0.3) is 0 Å². The summed E-state index contributed by atoms with van der Waals surface area (Å²) in [5.41, 5.74) is -11.8. The molecule has 12 nitrogen and oxygen atoms in total. The van der Waals surface area contributed by atoms with E-state index in [9.17, 15) is 48.9 Å². The van der Waals surface area contributed by atoms with Gasteiger partial charge in [0, 0.05) is 0 Å². The van der Waals surface area contributed by atoms with Crippen molar-refractivity contribution in [3.8, 4) is 0 Å². The molecule has 0 aromatic heterocycles. The predicted octanol–water partition coefficient (Wildman–Crippen LogP) is 8.34. The Labute approximate surface area is 358 Å². The Bertz CT molecular complexity index is 1490. The first-order chi connectivity index (χ1) is 28.3. The molecule has 1 saturated heterocycles. The van der Waals surface area contributed by atoms with Crippen LogP contribution in [0.2, 0.25) is 0 Å². The van der Waals surface area contributed by atoms with Crippen LogP contribution in [-0.2, 0) is 43.1 Å². The standard InChI is InChI=1S/C48H76O12/c1-9-11-13-22-28-40(55)30-24-18-15-16-21-27-33-45(34(3)49,47(37(6)52,38(7)53)44(58)59)43(57)46(35(4)50,36(5)51)48(39(8)54)42(60-48)32-26-20-17-19-25-31-41(56)29-23-14-12-10-2/h18-19,24-25,40-42,55-56H,9-17,20-23,26-33H2,1-8H3,(H,58,59)/b24-18-,25-19-. The summed E-state index contributed by atoms with van der Waals surface area (Å²) in [5.74, 6) is -10.7. The number of allylic oxidation sites excluding steroid dienone is 2. The van der Waals surface area contributed by atoms with Gasteiger partial charge in [0.15, 0.2) is 45.7 Å². The Hall–Kier alpha value is -3.48. The number of aliphatic hydroxyl groups excluding tert-OH is 2. The van der Waals surface area contributed by atoms with Crippen LogP contribution in [0.15, 0.2) is 24.3 Å². The number of hydrogen-bond acceptors (Lipinski definition) is 11. The zero-order valence-electron chi connectivity index (χ0n) is 37.9. The molecule has 1 aliphatic rings. The normalized spacial score (nSPS) is 18.9. The Balaban J connectivity index is 3.51. The Morgan fingerprint density at radius 2 is 1.03 bits per heavy atom. The van der Waals surface area contributed by atoms with Gasteiger partial charge in [-0.25, -0.2) is 0 Å². The van der Waals surface area contributed by atoms with Crippen molar-refractivity contribution < 1.29 is 58.4 Å². The number of aliphatic carboxylic acids is 1. The number of rotatable bonds is 36. The third kappa shape index (κ3) is 12.6. The lowest BCUT2D eigenvalue weighted by molar-refractivity contribution is -0.183. The molecule has 0 aromatic carbocycles. The molecule has 60 heavy (non-hydrogen) atoms. The second-order valence-electron chi connectivity index (χ2n) is 17.0. The Morgan fingerprint density at radius 1 is 0.583 bits per heavy atom. The fourth-order valence-electron chi connectivity index (χ4n) is 9.35. The number of carboxylic acid groups (broad SMARTS) is 1. The van der Waals surface area contributed by atoms with Crippen molar-refractivity contribution >= 4 is 46.5 Å². The van der Waals surface area contributed by atoms with Crippen LogP contribution in [-0.4, -0.2) is 85.7 Å². The molecule has 5 atom stereocenters. The lowest BCUT2D eigenvalue weighted by atomic mass is 9.47. The summed E-state index contributed by atoms with van der Waals surface area (Å²) in [5, 5.41) is 31.3. The van der Waals surface area contributed by atoms with Crippen molar-refractivity contribution in [2.75, 3.05) is 0 Å². The van der Waals surface area contributed by atoms with Crippen LogP contribution >= 0.6 is 0 Å². The molecule has 1 aliphatic heterocycles. The summed E-state index contributed by atoms with van der Waals surface area (Å²) in [7, 11) is 0. The molecule has 1 fully saturated rings. The van der Waals surface area contributed by atoms with Gasteiger partial charge in [-0.3, -0.25) is 38.4 Å². The zero-order chi connectivity index (χ0) is 45.7. The number of hydrogen-bond donors (Lipinski definition) is 3. The SMILES string of the molecule is CCCCCCC(O)C/C=C\CCCCCC(C(C)=O)(C(=O)C(C(C)=O)(C(C)=O)C1(C(C)=O)OC1CCCC/C=C\CC(O)CCCCCC)C(C(C)=O)(C(C)=O)C(=O)O. The molecule has 12 heteroatoms. The topological polar surface area (TPSA) is 210 Å². The highest BCUT2D eigenvalue weighted by Gasteiger charge is 2.83. The number of epoxide rings is 1. The zero-order valence-corrected chi connectivity index (χ0v) is 37.9. The summed E-state index contributed by atoms with van der Waals surface area (Å²) < 4.78 is 5.97. The van der Waals surface area contributed by atoms with E-state index < -0.39 is 93.0 Å². The van der Waals surface area contributed by atoms with Crippen LogP contribution in [0.1, 0.15) is 190 Å². The van der Waals surface area contributed by atoms with Gasteiger partial charge in [0.05, 0.1) is 18.3 Å².